The summed E-state index contributed by atoms with van der Waals surface area (Å²) in [7, 11) is 1.42. The summed E-state index contributed by atoms with van der Waals surface area (Å²) in [4.78, 5) is 26.5. The molecule has 0 aromatic heterocycles. The average Bonchev–Trinajstić information content (AvgIpc) is 2.77. The Kier molecular flexibility index (Phi) is 4.30. The molecule has 2 atom stereocenters. The molecule has 3 fully saturated rings. The minimum atomic E-state index is -0.791. The highest BCUT2D eigenvalue weighted by atomic mass is 16.5. The number of rotatable bonds is 4. The Morgan fingerprint density at radius 2 is 1.60 bits per heavy atom. The molecule has 152 valence electrons. The van der Waals surface area contributed by atoms with Gasteiger partial charge >= 0.3 is 5.97 Å². The van der Waals surface area contributed by atoms with Gasteiger partial charge in [-0.2, -0.15) is 0 Å². The Bertz CT molecular complexity index is 1130. The van der Waals surface area contributed by atoms with Gasteiger partial charge in [0.1, 0.15) is 5.54 Å². The Labute approximate surface area is 176 Å². The molecule has 4 nitrogen and oxygen atoms in total. The van der Waals surface area contributed by atoms with Gasteiger partial charge in [0.25, 0.3) is 0 Å². The van der Waals surface area contributed by atoms with Crippen LogP contribution in [0, 0.1) is 11.3 Å². The smallest absolute Gasteiger partial charge is 0.326 e. The van der Waals surface area contributed by atoms with Gasteiger partial charge < -0.3 is 4.74 Å². The lowest BCUT2D eigenvalue weighted by Crippen LogP contribution is -2.72. The first-order valence-electron chi connectivity index (χ1n) is 10.4. The van der Waals surface area contributed by atoms with Gasteiger partial charge in [-0.3, -0.25) is 14.9 Å². The summed E-state index contributed by atoms with van der Waals surface area (Å²) < 4.78 is 5.11. The summed E-state index contributed by atoms with van der Waals surface area (Å²) in [6.45, 7) is 1.91. The molecule has 1 aliphatic carbocycles. The number of methoxy groups -OCH3 is 1. The van der Waals surface area contributed by atoms with Gasteiger partial charge in [-0.1, -0.05) is 66.7 Å². The van der Waals surface area contributed by atoms with Crippen LogP contribution >= 0.6 is 0 Å². The molecule has 2 bridgehead atoms. The van der Waals surface area contributed by atoms with Crippen molar-refractivity contribution < 1.29 is 14.3 Å². The molecule has 2 saturated heterocycles. The average molecular weight is 399 g/mol. The van der Waals surface area contributed by atoms with Crippen LogP contribution in [0.15, 0.2) is 72.8 Å². The Morgan fingerprint density at radius 3 is 2.30 bits per heavy atom. The van der Waals surface area contributed by atoms with Crippen LogP contribution in [0.1, 0.15) is 41.7 Å². The van der Waals surface area contributed by atoms with Gasteiger partial charge in [0.05, 0.1) is 12.5 Å². The van der Waals surface area contributed by atoms with E-state index in [0.29, 0.717) is 12.8 Å². The highest BCUT2D eigenvalue weighted by molar-refractivity contribution is 6.05. The Morgan fingerprint density at radius 1 is 0.933 bits per heavy atom. The second-order valence-electron chi connectivity index (χ2n) is 8.83. The Balaban J connectivity index is 1.57. The quantitative estimate of drug-likeness (QED) is 0.511. The third kappa shape index (κ3) is 2.63. The van der Waals surface area contributed by atoms with E-state index in [0.717, 1.165) is 21.9 Å². The van der Waals surface area contributed by atoms with E-state index >= 15 is 0 Å². The summed E-state index contributed by atoms with van der Waals surface area (Å²) in [5.41, 5.74) is 0.416. The predicted octanol–water partition coefficient (Wildman–Crippen LogP) is 4.70. The fraction of sp³-hybridized carbons (Fsp3) is 0.308. The maximum atomic E-state index is 13.9. The lowest BCUT2D eigenvalue weighted by Gasteiger charge is -2.62. The molecular formula is C26H25NO3. The van der Waals surface area contributed by atoms with Crippen molar-refractivity contribution in [1.29, 1.82) is 0 Å². The van der Waals surface area contributed by atoms with Crippen molar-refractivity contribution >= 4 is 22.5 Å². The number of piperidine rings is 2. The molecule has 6 rings (SSSR count). The zero-order valence-corrected chi connectivity index (χ0v) is 17.2. The first-order valence-corrected chi connectivity index (χ1v) is 10.4. The van der Waals surface area contributed by atoms with Crippen molar-refractivity contribution in [3.8, 4) is 0 Å². The molecule has 1 N–H and O–H groups in total. The summed E-state index contributed by atoms with van der Waals surface area (Å²) in [5, 5.41) is 5.72. The molecule has 3 aromatic carbocycles. The van der Waals surface area contributed by atoms with Gasteiger partial charge in [0.2, 0.25) is 0 Å². The minimum Gasteiger partial charge on any atom is -0.468 e. The number of Topliss-reactive ketones (excluding diaryl/α,β-unsaturated/α-hetero) is 1. The van der Waals surface area contributed by atoms with Crippen molar-refractivity contribution in [2.24, 2.45) is 11.3 Å². The molecule has 0 radical (unpaired) electrons. The van der Waals surface area contributed by atoms with Crippen molar-refractivity contribution in [3.05, 3.63) is 83.9 Å². The lowest BCUT2D eigenvalue weighted by molar-refractivity contribution is -0.164. The summed E-state index contributed by atoms with van der Waals surface area (Å²) in [5.74, 6) is -0.0352. The second-order valence-corrected chi connectivity index (χ2v) is 8.83. The monoisotopic (exact) mass is 399 g/mol. The number of carbonyl (C=O) groups excluding carboxylic acids is 2. The highest BCUT2D eigenvalue weighted by Gasteiger charge is 2.67. The van der Waals surface area contributed by atoms with E-state index in [-0.39, 0.29) is 23.7 Å². The molecule has 3 aliphatic rings. The molecule has 0 unspecified atom stereocenters. The van der Waals surface area contributed by atoms with Crippen LogP contribution in [-0.2, 0) is 9.53 Å². The number of ketones is 1. The maximum Gasteiger partial charge on any atom is 0.326 e. The molecule has 4 heteroatoms. The number of nitrogens with one attached hydrogen (secondary N) is 1. The molecular weight excluding hydrogens is 374 g/mol. The van der Waals surface area contributed by atoms with Gasteiger partial charge in [0, 0.05) is 11.6 Å². The number of carbonyl (C=O) groups is 2. The predicted molar refractivity (Wildman–Crippen MR) is 116 cm³/mol. The van der Waals surface area contributed by atoms with Crippen molar-refractivity contribution in [3.63, 3.8) is 0 Å². The van der Waals surface area contributed by atoms with Crippen molar-refractivity contribution in [1.82, 2.24) is 5.32 Å². The number of hydrogen-bond donors (Lipinski definition) is 1. The highest BCUT2D eigenvalue weighted by Crippen LogP contribution is 2.63. The van der Waals surface area contributed by atoms with Crippen LogP contribution < -0.4 is 5.32 Å². The van der Waals surface area contributed by atoms with Crippen LogP contribution in [-0.4, -0.2) is 24.4 Å². The van der Waals surface area contributed by atoms with E-state index in [4.69, 9.17) is 4.74 Å². The number of benzene rings is 3. The van der Waals surface area contributed by atoms with Gasteiger partial charge in [0.15, 0.2) is 5.78 Å². The van der Waals surface area contributed by atoms with Crippen LogP contribution in [0.5, 0.6) is 0 Å². The zero-order valence-electron chi connectivity index (χ0n) is 17.2. The van der Waals surface area contributed by atoms with E-state index in [1.54, 1.807) is 0 Å². The number of fused-ring (bicyclic) bond motifs is 3. The standard InChI is InChI=1S/C26H25NO3/c1-25(24(29)30-2)21-15-26(16-21,22(27-25)18-9-4-3-5-10-18)23(28)20-13-12-17-8-6-7-11-19(17)14-20/h3-14,21-22,27H,15-16H2,1-2H3/t21?,22-,25-,26?/m0/s1. The number of esters is 1. The zero-order chi connectivity index (χ0) is 20.9. The fourth-order valence-corrected chi connectivity index (χ4v) is 5.44. The first-order chi connectivity index (χ1) is 14.5. The topological polar surface area (TPSA) is 55.4 Å². The molecule has 1 saturated carbocycles. The van der Waals surface area contributed by atoms with Crippen molar-refractivity contribution in [2.75, 3.05) is 7.11 Å². The molecule has 2 heterocycles. The molecule has 3 aromatic rings. The van der Waals surface area contributed by atoms with E-state index in [9.17, 15) is 9.59 Å². The molecule has 2 aliphatic heterocycles. The normalized spacial score (nSPS) is 29.8. The lowest BCUT2D eigenvalue weighted by atomic mass is 9.46. The van der Waals surface area contributed by atoms with Gasteiger partial charge in [-0.05, 0) is 48.1 Å². The van der Waals surface area contributed by atoms with Crippen LogP contribution in [0.2, 0.25) is 0 Å². The second kappa shape index (κ2) is 6.78. The molecule has 0 amide bonds. The Hall–Kier alpha value is -2.98. The van der Waals surface area contributed by atoms with E-state index in [2.05, 4.69) is 11.4 Å². The largest absolute Gasteiger partial charge is 0.468 e. The number of hydrogen-bond acceptors (Lipinski definition) is 4. The van der Waals surface area contributed by atoms with Gasteiger partial charge in [-0.15, -0.1) is 0 Å². The van der Waals surface area contributed by atoms with Crippen LogP contribution in [0.4, 0.5) is 0 Å². The van der Waals surface area contributed by atoms with Crippen molar-refractivity contribution in [2.45, 2.75) is 31.3 Å². The molecule has 0 spiro atoms. The van der Waals surface area contributed by atoms with Crippen LogP contribution in [0.25, 0.3) is 10.8 Å². The van der Waals surface area contributed by atoms with E-state index in [1.165, 1.54) is 7.11 Å². The maximum absolute atomic E-state index is 13.9. The van der Waals surface area contributed by atoms with E-state index < -0.39 is 11.0 Å². The molecule has 30 heavy (non-hydrogen) atoms. The van der Waals surface area contributed by atoms with Crippen LogP contribution in [0.3, 0.4) is 0 Å². The number of ether oxygens (including phenoxy) is 1. The van der Waals surface area contributed by atoms with Gasteiger partial charge in [-0.25, -0.2) is 0 Å². The third-order valence-corrected chi connectivity index (χ3v) is 7.24. The fourth-order valence-electron chi connectivity index (χ4n) is 5.44. The SMILES string of the molecule is COC(=O)[C@@]1(C)N[C@@H](c2ccccc2)C2(C(=O)c3ccc4ccccc4c3)CC1C2. The minimum absolute atomic E-state index is 0.0781. The van der Waals surface area contributed by atoms with E-state index in [1.807, 2.05) is 73.7 Å². The third-order valence-electron chi connectivity index (χ3n) is 7.24. The first kappa shape index (κ1) is 19.0. The summed E-state index contributed by atoms with van der Waals surface area (Å²) >= 11 is 0. The summed E-state index contributed by atoms with van der Waals surface area (Å²) in [6, 6.07) is 23.8. The summed E-state index contributed by atoms with van der Waals surface area (Å²) in [6.07, 6.45) is 1.35.